The number of nitrogens with one attached hydrogen (secondary N) is 1. The van der Waals surface area contributed by atoms with E-state index in [0.29, 0.717) is 36.1 Å². The molecule has 1 N–H and O–H groups in total. The molecule has 1 aliphatic rings. The standard InChI is InChI=1S/C20H23ClN2O3/c1-3-20(2,13-26-19-17(21)5-4-9-22-19)23-18(24)15-6-7-16-12-25-10-8-14(16)11-15/h4-7,9,11H,3,8,10,12-13H2,1-2H3,(H,23,24). The monoisotopic (exact) mass is 374 g/mol. The second-order valence-electron chi connectivity index (χ2n) is 6.73. The molecule has 1 amide bonds. The van der Waals surface area contributed by atoms with Gasteiger partial charge in [0, 0.05) is 11.8 Å². The molecule has 1 aromatic carbocycles. The molecule has 1 aromatic heterocycles. The predicted molar refractivity (Wildman–Crippen MR) is 101 cm³/mol. The first-order valence-corrected chi connectivity index (χ1v) is 9.14. The number of fused-ring (bicyclic) bond motifs is 1. The third-order valence-electron chi connectivity index (χ3n) is 4.69. The van der Waals surface area contributed by atoms with Gasteiger partial charge in [0.1, 0.15) is 11.6 Å². The van der Waals surface area contributed by atoms with Crippen LogP contribution >= 0.6 is 11.6 Å². The molecule has 0 saturated heterocycles. The van der Waals surface area contributed by atoms with Crippen molar-refractivity contribution in [3.8, 4) is 5.88 Å². The Morgan fingerprint density at radius 2 is 2.23 bits per heavy atom. The summed E-state index contributed by atoms with van der Waals surface area (Å²) in [6.07, 6.45) is 3.17. The highest BCUT2D eigenvalue weighted by atomic mass is 35.5. The summed E-state index contributed by atoms with van der Waals surface area (Å²) in [5.74, 6) is 0.260. The van der Waals surface area contributed by atoms with Gasteiger partial charge in [-0.25, -0.2) is 4.98 Å². The third-order valence-corrected chi connectivity index (χ3v) is 4.98. The highest BCUT2D eigenvalue weighted by molar-refractivity contribution is 6.31. The van der Waals surface area contributed by atoms with Crippen molar-refractivity contribution in [2.75, 3.05) is 13.2 Å². The zero-order valence-electron chi connectivity index (χ0n) is 15.0. The highest BCUT2D eigenvalue weighted by Crippen LogP contribution is 2.23. The van der Waals surface area contributed by atoms with Crippen molar-refractivity contribution in [3.63, 3.8) is 0 Å². The topological polar surface area (TPSA) is 60.5 Å². The SMILES string of the molecule is CCC(C)(COc1ncccc1Cl)NC(=O)c1ccc2c(c1)CCOC2. The Kier molecular flexibility index (Phi) is 5.79. The molecule has 26 heavy (non-hydrogen) atoms. The minimum atomic E-state index is -0.531. The second kappa shape index (κ2) is 8.06. The number of amides is 1. The van der Waals surface area contributed by atoms with Crippen molar-refractivity contribution in [1.29, 1.82) is 0 Å². The van der Waals surface area contributed by atoms with E-state index >= 15 is 0 Å². The lowest BCUT2D eigenvalue weighted by Crippen LogP contribution is -2.50. The summed E-state index contributed by atoms with van der Waals surface area (Å²) < 4.78 is 11.2. The van der Waals surface area contributed by atoms with E-state index in [9.17, 15) is 4.79 Å². The maximum absolute atomic E-state index is 12.7. The average Bonchev–Trinajstić information content (AvgIpc) is 2.67. The largest absolute Gasteiger partial charge is 0.474 e. The van der Waals surface area contributed by atoms with Gasteiger partial charge in [0.05, 0.1) is 18.8 Å². The summed E-state index contributed by atoms with van der Waals surface area (Å²) in [7, 11) is 0. The number of rotatable bonds is 6. The molecule has 0 spiro atoms. The van der Waals surface area contributed by atoms with E-state index in [1.54, 1.807) is 18.3 Å². The predicted octanol–water partition coefficient (Wildman–Crippen LogP) is 3.79. The Morgan fingerprint density at radius 1 is 1.38 bits per heavy atom. The molecular formula is C20H23ClN2O3. The van der Waals surface area contributed by atoms with E-state index in [0.717, 1.165) is 12.0 Å². The Balaban J connectivity index is 1.68. The van der Waals surface area contributed by atoms with Gasteiger partial charge in [-0.15, -0.1) is 0 Å². The van der Waals surface area contributed by atoms with Crippen LogP contribution in [0.4, 0.5) is 0 Å². The number of ether oxygens (including phenoxy) is 2. The molecule has 0 bridgehead atoms. The van der Waals surface area contributed by atoms with Crippen LogP contribution in [0.2, 0.25) is 5.02 Å². The molecule has 1 aliphatic heterocycles. The zero-order chi connectivity index (χ0) is 18.6. The molecule has 0 aliphatic carbocycles. The number of halogens is 1. The summed E-state index contributed by atoms with van der Waals surface area (Å²) in [6.45, 7) is 5.55. The summed E-state index contributed by atoms with van der Waals surface area (Å²) in [6, 6.07) is 9.24. The van der Waals surface area contributed by atoms with Gasteiger partial charge >= 0.3 is 0 Å². The molecule has 1 atom stereocenters. The average molecular weight is 375 g/mol. The highest BCUT2D eigenvalue weighted by Gasteiger charge is 2.27. The fourth-order valence-corrected chi connectivity index (χ4v) is 2.96. The summed E-state index contributed by atoms with van der Waals surface area (Å²) in [5.41, 5.74) is 2.45. The van der Waals surface area contributed by atoms with Gasteiger partial charge in [0.25, 0.3) is 5.91 Å². The Morgan fingerprint density at radius 3 is 3.00 bits per heavy atom. The number of hydrogen-bond donors (Lipinski definition) is 1. The normalized spacial score (nSPS) is 15.7. The van der Waals surface area contributed by atoms with Gasteiger partial charge < -0.3 is 14.8 Å². The summed E-state index contributed by atoms with van der Waals surface area (Å²) in [5, 5.41) is 3.54. The van der Waals surface area contributed by atoms with Gasteiger partial charge in [-0.1, -0.05) is 24.6 Å². The molecule has 0 fully saturated rings. The van der Waals surface area contributed by atoms with Crippen LogP contribution in [0.15, 0.2) is 36.5 Å². The molecule has 0 radical (unpaired) electrons. The van der Waals surface area contributed by atoms with Gasteiger partial charge in [-0.2, -0.15) is 0 Å². The van der Waals surface area contributed by atoms with E-state index in [1.807, 2.05) is 32.0 Å². The smallest absolute Gasteiger partial charge is 0.251 e. The fraction of sp³-hybridized carbons (Fsp3) is 0.400. The van der Waals surface area contributed by atoms with Crippen LogP contribution in [-0.4, -0.2) is 29.6 Å². The first-order valence-electron chi connectivity index (χ1n) is 8.76. The number of carbonyl (C=O) groups is 1. The minimum absolute atomic E-state index is 0.112. The molecule has 2 heterocycles. The number of aromatic nitrogens is 1. The van der Waals surface area contributed by atoms with Crippen LogP contribution in [0.1, 0.15) is 41.8 Å². The maximum Gasteiger partial charge on any atom is 0.251 e. The molecule has 6 heteroatoms. The summed E-state index contributed by atoms with van der Waals surface area (Å²) >= 11 is 6.08. The third kappa shape index (κ3) is 4.34. The number of benzene rings is 1. The number of hydrogen-bond acceptors (Lipinski definition) is 4. The summed E-state index contributed by atoms with van der Waals surface area (Å²) in [4.78, 5) is 16.9. The van der Waals surface area contributed by atoms with Gasteiger partial charge in [0.15, 0.2) is 0 Å². The van der Waals surface area contributed by atoms with Gasteiger partial charge in [-0.3, -0.25) is 4.79 Å². The van der Waals surface area contributed by atoms with Crippen molar-refractivity contribution in [2.24, 2.45) is 0 Å². The van der Waals surface area contributed by atoms with Crippen LogP contribution in [-0.2, 0) is 17.8 Å². The molecular weight excluding hydrogens is 352 g/mol. The molecule has 138 valence electrons. The van der Waals surface area contributed by atoms with Crippen molar-refractivity contribution >= 4 is 17.5 Å². The lowest BCUT2D eigenvalue weighted by atomic mass is 9.97. The molecule has 5 nitrogen and oxygen atoms in total. The molecule has 3 rings (SSSR count). The lowest BCUT2D eigenvalue weighted by molar-refractivity contribution is 0.0858. The van der Waals surface area contributed by atoms with E-state index in [2.05, 4.69) is 10.3 Å². The van der Waals surface area contributed by atoms with Gasteiger partial charge in [-0.05, 0) is 55.2 Å². The molecule has 1 unspecified atom stereocenters. The van der Waals surface area contributed by atoms with Crippen molar-refractivity contribution in [3.05, 3.63) is 58.2 Å². The number of nitrogens with zero attached hydrogens (tertiary/aromatic N) is 1. The second-order valence-corrected chi connectivity index (χ2v) is 7.14. The van der Waals surface area contributed by atoms with Gasteiger partial charge in [0.2, 0.25) is 5.88 Å². The minimum Gasteiger partial charge on any atom is -0.474 e. The van der Waals surface area contributed by atoms with Crippen molar-refractivity contribution < 1.29 is 14.3 Å². The number of pyridine rings is 1. The van der Waals surface area contributed by atoms with Crippen molar-refractivity contribution in [2.45, 2.75) is 38.8 Å². The Hall–Kier alpha value is -2.11. The van der Waals surface area contributed by atoms with Crippen LogP contribution in [0.3, 0.4) is 0 Å². The lowest BCUT2D eigenvalue weighted by Gasteiger charge is -2.29. The molecule has 0 saturated carbocycles. The van der Waals surface area contributed by atoms with E-state index < -0.39 is 5.54 Å². The first-order chi connectivity index (χ1) is 12.5. The zero-order valence-corrected chi connectivity index (χ0v) is 15.8. The van der Waals surface area contributed by atoms with Crippen LogP contribution in [0.5, 0.6) is 5.88 Å². The van der Waals surface area contributed by atoms with E-state index in [1.165, 1.54) is 5.56 Å². The number of carbonyl (C=O) groups excluding carboxylic acids is 1. The van der Waals surface area contributed by atoms with Crippen LogP contribution in [0, 0.1) is 0 Å². The van der Waals surface area contributed by atoms with Crippen molar-refractivity contribution in [1.82, 2.24) is 10.3 Å². The maximum atomic E-state index is 12.7. The Labute approximate surface area is 158 Å². The van der Waals surface area contributed by atoms with E-state index in [4.69, 9.17) is 21.1 Å². The van der Waals surface area contributed by atoms with E-state index in [-0.39, 0.29) is 12.5 Å². The Bertz CT molecular complexity index is 796. The fourth-order valence-electron chi connectivity index (χ4n) is 2.78. The van der Waals surface area contributed by atoms with Crippen LogP contribution < -0.4 is 10.1 Å². The molecule has 2 aromatic rings. The first kappa shape index (κ1) is 18.7. The quantitative estimate of drug-likeness (QED) is 0.835. The van der Waals surface area contributed by atoms with Crippen LogP contribution in [0.25, 0.3) is 0 Å².